The Morgan fingerprint density at radius 1 is 1.10 bits per heavy atom. The summed E-state index contributed by atoms with van der Waals surface area (Å²) in [5.74, 6) is 1.12. The van der Waals surface area contributed by atoms with Crippen LogP contribution in [0.2, 0.25) is 0 Å². The van der Waals surface area contributed by atoms with E-state index in [2.05, 4.69) is 62.6 Å². The molecule has 3 aromatic heterocycles. The standard InChI is InChI=1S/C22H23N7O/c1-22(2,3)16-11-15-5-4-8-24-19(15)17(12-16)26-21(30)25-13-18-27-20(29-28-18)14-6-9-23-10-7-14/h4-12H,13H2,1-3H3,(H2,25,26,30)(H,27,28,29). The van der Waals surface area contributed by atoms with E-state index in [0.717, 1.165) is 22.0 Å². The number of nitrogens with zero attached hydrogens (tertiary/aromatic N) is 4. The number of hydrogen-bond donors (Lipinski definition) is 3. The van der Waals surface area contributed by atoms with Crippen LogP contribution in [0.3, 0.4) is 0 Å². The van der Waals surface area contributed by atoms with E-state index in [1.807, 2.05) is 30.3 Å². The first-order chi connectivity index (χ1) is 14.4. The number of nitrogens with one attached hydrogen (secondary N) is 3. The summed E-state index contributed by atoms with van der Waals surface area (Å²) < 4.78 is 0. The van der Waals surface area contributed by atoms with Crippen molar-refractivity contribution in [3.63, 3.8) is 0 Å². The highest BCUT2D eigenvalue weighted by Crippen LogP contribution is 2.30. The van der Waals surface area contributed by atoms with Crippen LogP contribution in [0.15, 0.2) is 55.0 Å². The van der Waals surface area contributed by atoms with Crippen LogP contribution in [0.1, 0.15) is 32.2 Å². The summed E-state index contributed by atoms with van der Waals surface area (Å²) in [6.45, 7) is 6.63. The lowest BCUT2D eigenvalue weighted by Crippen LogP contribution is -2.29. The van der Waals surface area contributed by atoms with E-state index in [-0.39, 0.29) is 18.0 Å². The topological polar surface area (TPSA) is 108 Å². The van der Waals surface area contributed by atoms with E-state index in [4.69, 9.17) is 0 Å². The van der Waals surface area contributed by atoms with Crippen molar-refractivity contribution in [2.24, 2.45) is 0 Å². The fraction of sp³-hybridized carbons (Fsp3) is 0.227. The molecule has 0 saturated carbocycles. The average molecular weight is 401 g/mol. The summed E-state index contributed by atoms with van der Waals surface area (Å²) in [6.07, 6.45) is 5.08. The number of anilines is 1. The molecule has 0 fully saturated rings. The van der Waals surface area contributed by atoms with Crippen molar-refractivity contribution in [3.05, 3.63) is 66.4 Å². The number of aromatic amines is 1. The number of carbonyl (C=O) groups is 1. The number of rotatable bonds is 4. The molecule has 0 bridgehead atoms. The molecular formula is C22H23N7O. The quantitative estimate of drug-likeness (QED) is 0.478. The molecule has 4 rings (SSSR count). The van der Waals surface area contributed by atoms with Crippen molar-refractivity contribution in [2.75, 3.05) is 5.32 Å². The Morgan fingerprint density at radius 2 is 1.90 bits per heavy atom. The highest BCUT2D eigenvalue weighted by molar-refractivity contribution is 6.00. The van der Waals surface area contributed by atoms with Crippen LogP contribution in [-0.4, -0.2) is 31.2 Å². The molecule has 0 saturated heterocycles. The summed E-state index contributed by atoms with van der Waals surface area (Å²) in [5, 5.41) is 13.7. The highest BCUT2D eigenvalue weighted by atomic mass is 16.2. The second-order valence-electron chi connectivity index (χ2n) is 8.00. The van der Waals surface area contributed by atoms with Crippen LogP contribution in [0.4, 0.5) is 10.5 Å². The van der Waals surface area contributed by atoms with Gasteiger partial charge in [-0.25, -0.2) is 9.78 Å². The van der Waals surface area contributed by atoms with Gasteiger partial charge in [-0.05, 0) is 41.3 Å². The molecule has 0 atom stereocenters. The van der Waals surface area contributed by atoms with Crippen LogP contribution in [0, 0.1) is 0 Å². The fourth-order valence-corrected chi connectivity index (χ4v) is 3.06. The van der Waals surface area contributed by atoms with E-state index >= 15 is 0 Å². The summed E-state index contributed by atoms with van der Waals surface area (Å²) in [5.41, 5.74) is 3.34. The SMILES string of the molecule is CC(C)(C)c1cc(NC(=O)NCc2nc(-c3ccncc3)n[nH]2)c2ncccc2c1. The molecule has 1 aromatic carbocycles. The third-order valence-electron chi connectivity index (χ3n) is 4.71. The third-order valence-corrected chi connectivity index (χ3v) is 4.71. The molecule has 152 valence electrons. The van der Waals surface area contributed by atoms with Crippen molar-refractivity contribution < 1.29 is 4.79 Å². The Bertz CT molecular complexity index is 1180. The molecule has 8 nitrogen and oxygen atoms in total. The number of aromatic nitrogens is 5. The van der Waals surface area contributed by atoms with Gasteiger partial charge < -0.3 is 10.6 Å². The Balaban J connectivity index is 1.48. The molecule has 0 aliphatic heterocycles. The first-order valence-corrected chi connectivity index (χ1v) is 9.66. The number of fused-ring (bicyclic) bond motifs is 1. The molecule has 0 radical (unpaired) electrons. The largest absolute Gasteiger partial charge is 0.331 e. The van der Waals surface area contributed by atoms with Gasteiger partial charge in [0.05, 0.1) is 17.7 Å². The predicted octanol–water partition coefficient (Wildman–Crippen LogP) is 4.03. The number of benzene rings is 1. The lowest BCUT2D eigenvalue weighted by Gasteiger charge is -2.21. The molecule has 0 aliphatic rings. The minimum Gasteiger partial charge on any atom is -0.331 e. The Morgan fingerprint density at radius 3 is 2.67 bits per heavy atom. The van der Waals surface area contributed by atoms with Crippen molar-refractivity contribution in [3.8, 4) is 11.4 Å². The molecule has 4 aromatic rings. The van der Waals surface area contributed by atoms with Gasteiger partial charge in [-0.3, -0.25) is 15.1 Å². The third kappa shape index (κ3) is 4.27. The Hall–Kier alpha value is -3.81. The van der Waals surface area contributed by atoms with Gasteiger partial charge in [0.1, 0.15) is 5.82 Å². The molecule has 2 amide bonds. The lowest BCUT2D eigenvalue weighted by atomic mass is 9.86. The van der Waals surface area contributed by atoms with Gasteiger partial charge in [-0.15, -0.1) is 0 Å². The lowest BCUT2D eigenvalue weighted by molar-refractivity contribution is 0.251. The maximum Gasteiger partial charge on any atom is 0.319 e. The van der Waals surface area contributed by atoms with Crippen molar-refractivity contribution in [2.45, 2.75) is 32.7 Å². The van der Waals surface area contributed by atoms with Crippen molar-refractivity contribution in [1.29, 1.82) is 0 Å². The zero-order chi connectivity index (χ0) is 21.1. The van der Waals surface area contributed by atoms with E-state index in [0.29, 0.717) is 17.3 Å². The fourth-order valence-electron chi connectivity index (χ4n) is 3.06. The summed E-state index contributed by atoms with van der Waals surface area (Å²) in [7, 11) is 0. The van der Waals surface area contributed by atoms with Gasteiger partial charge in [0.25, 0.3) is 0 Å². The molecule has 0 aliphatic carbocycles. The minimum atomic E-state index is -0.338. The number of pyridine rings is 2. The Kier molecular flexibility index (Phi) is 5.14. The molecule has 8 heteroatoms. The van der Waals surface area contributed by atoms with Gasteiger partial charge in [0, 0.05) is 29.5 Å². The number of amides is 2. The maximum absolute atomic E-state index is 12.5. The number of H-pyrrole nitrogens is 1. The van der Waals surface area contributed by atoms with Gasteiger partial charge in [-0.2, -0.15) is 5.10 Å². The van der Waals surface area contributed by atoms with E-state index in [1.165, 1.54) is 0 Å². The van der Waals surface area contributed by atoms with Crippen LogP contribution >= 0.6 is 0 Å². The molecule has 0 unspecified atom stereocenters. The summed E-state index contributed by atoms with van der Waals surface area (Å²) in [4.78, 5) is 25.4. The number of hydrogen-bond acceptors (Lipinski definition) is 5. The predicted molar refractivity (Wildman–Crippen MR) is 116 cm³/mol. The van der Waals surface area contributed by atoms with E-state index in [9.17, 15) is 4.79 Å². The normalized spacial score (nSPS) is 11.4. The number of carbonyl (C=O) groups excluding carboxylic acids is 1. The molecule has 0 spiro atoms. The molecule has 3 heterocycles. The first-order valence-electron chi connectivity index (χ1n) is 9.66. The van der Waals surface area contributed by atoms with E-state index in [1.54, 1.807) is 18.6 Å². The second kappa shape index (κ2) is 7.90. The van der Waals surface area contributed by atoms with Crippen LogP contribution in [-0.2, 0) is 12.0 Å². The monoisotopic (exact) mass is 401 g/mol. The minimum absolute atomic E-state index is 0.0554. The van der Waals surface area contributed by atoms with Gasteiger partial charge in [0.15, 0.2) is 5.82 Å². The average Bonchev–Trinajstić information content (AvgIpc) is 3.21. The van der Waals surface area contributed by atoms with Gasteiger partial charge >= 0.3 is 6.03 Å². The second-order valence-corrected chi connectivity index (χ2v) is 8.00. The summed E-state index contributed by atoms with van der Waals surface area (Å²) >= 11 is 0. The van der Waals surface area contributed by atoms with Crippen LogP contribution in [0.25, 0.3) is 22.3 Å². The van der Waals surface area contributed by atoms with Gasteiger partial charge in [-0.1, -0.05) is 26.8 Å². The van der Waals surface area contributed by atoms with Crippen molar-refractivity contribution in [1.82, 2.24) is 30.5 Å². The first kappa shape index (κ1) is 19.5. The number of urea groups is 1. The van der Waals surface area contributed by atoms with Crippen molar-refractivity contribution >= 4 is 22.6 Å². The molecule has 3 N–H and O–H groups in total. The highest BCUT2D eigenvalue weighted by Gasteiger charge is 2.17. The Labute approximate surface area is 174 Å². The smallest absolute Gasteiger partial charge is 0.319 e. The van der Waals surface area contributed by atoms with Gasteiger partial charge in [0.2, 0.25) is 0 Å². The van der Waals surface area contributed by atoms with Crippen LogP contribution < -0.4 is 10.6 Å². The van der Waals surface area contributed by atoms with E-state index < -0.39 is 0 Å². The zero-order valence-corrected chi connectivity index (χ0v) is 17.1. The molecule has 30 heavy (non-hydrogen) atoms. The maximum atomic E-state index is 12.5. The van der Waals surface area contributed by atoms with Crippen LogP contribution in [0.5, 0.6) is 0 Å². The summed E-state index contributed by atoms with van der Waals surface area (Å²) in [6, 6.07) is 11.3. The zero-order valence-electron chi connectivity index (χ0n) is 17.1. The molecular weight excluding hydrogens is 378 g/mol.